The monoisotopic (exact) mass is 304 g/mol. The van der Waals surface area contributed by atoms with Crippen molar-refractivity contribution in [2.45, 2.75) is 38.8 Å². The number of likely N-dealkylation sites (tertiary alicyclic amines) is 1. The summed E-state index contributed by atoms with van der Waals surface area (Å²) < 4.78 is 5.03. The number of likely N-dealkylation sites (N-methyl/N-ethyl adjacent to an activating group) is 1. The molecule has 2 aromatic heterocycles. The third-order valence-corrected chi connectivity index (χ3v) is 4.33. The molecule has 22 heavy (non-hydrogen) atoms. The second kappa shape index (κ2) is 7.02. The van der Waals surface area contributed by atoms with E-state index in [4.69, 9.17) is 4.52 Å². The normalized spacial score (nSPS) is 19.3. The quantitative estimate of drug-likeness (QED) is 0.829. The molecular formula is C15H24N6O. The molecule has 0 aliphatic carbocycles. The Hall–Kier alpha value is -1.73. The molecule has 0 bridgehead atoms. The fourth-order valence-electron chi connectivity index (χ4n) is 3.05. The number of nitrogens with zero attached hydrogens (tertiary/aromatic N) is 5. The van der Waals surface area contributed by atoms with Crippen molar-refractivity contribution in [3.63, 3.8) is 0 Å². The first-order valence-electron chi connectivity index (χ1n) is 7.90. The zero-order chi connectivity index (χ0) is 15.4. The van der Waals surface area contributed by atoms with Crippen LogP contribution in [0.2, 0.25) is 0 Å². The van der Waals surface area contributed by atoms with E-state index in [0.717, 1.165) is 31.9 Å². The fraction of sp³-hybridized carbons (Fsp3) is 0.667. The van der Waals surface area contributed by atoms with Gasteiger partial charge in [0.1, 0.15) is 0 Å². The van der Waals surface area contributed by atoms with E-state index in [1.807, 2.05) is 19.3 Å². The van der Waals surface area contributed by atoms with Crippen LogP contribution in [0.3, 0.4) is 0 Å². The summed E-state index contributed by atoms with van der Waals surface area (Å²) in [6.07, 6.45) is 7.37. The van der Waals surface area contributed by atoms with Gasteiger partial charge in [0.2, 0.25) is 5.89 Å². The first kappa shape index (κ1) is 15.2. The van der Waals surface area contributed by atoms with Crippen LogP contribution in [-0.4, -0.2) is 62.9 Å². The number of H-pyrrole nitrogens is 1. The van der Waals surface area contributed by atoms with E-state index in [2.05, 4.69) is 37.2 Å². The van der Waals surface area contributed by atoms with Crippen LogP contribution < -0.4 is 0 Å². The largest absolute Gasteiger partial charge is 0.340 e. The van der Waals surface area contributed by atoms with Crippen LogP contribution >= 0.6 is 0 Å². The van der Waals surface area contributed by atoms with E-state index in [-0.39, 0.29) is 0 Å². The average Bonchev–Trinajstić information content (AvgIpc) is 3.21. The van der Waals surface area contributed by atoms with Gasteiger partial charge in [0.05, 0.1) is 12.7 Å². The summed E-state index contributed by atoms with van der Waals surface area (Å²) in [7, 11) is 2.14. The van der Waals surface area contributed by atoms with Gasteiger partial charge in [0.15, 0.2) is 5.82 Å². The van der Waals surface area contributed by atoms with Gasteiger partial charge in [0.25, 0.3) is 0 Å². The van der Waals surface area contributed by atoms with Crippen molar-refractivity contribution in [3.05, 3.63) is 29.7 Å². The predicted octanol–water partition coefficient (Wildman–Crippen LogP) is 1.24. The van der Waals surface area contributed by atoms with E-state index in [9.17, 15) is 0 Å². The summed E-state index contributed by atoms with van der Waals surface area (Å²) in [5, 5.41) is 10.8. The number of aromatic nitrogens is 4. The molecular weight excluding hydrogens is 280 g/mol. The summed E-state index contributed by atoms with van der Waals surface area (Å²) in [6, 6.07) is 0.577. The molecule has 7 heteroatoms. The maximum atomic E-state index is 5.03. The molecule has 3 rings (SSSR count). The molecule has 120 valence electrons. The molecule has 1 atom stereocenters. The molecule has 0 aromatic carbocycles. The van der Waals surface area contributed by atoms with Gasteiger partial charge in [-0.2, -0.15) is 10.1 Å². The molecule has 0 spiro atoms. The lowest BCUT2D eigenvalue weighted by Crippen LogP contribution is -2.34. The van der Waals surface area contributed by atoms with E-state index in [1.54, 1.807) is 0 Å². The topological polar surface area (TPSA) is 74.1 Å². The number of nitrogens with one attached hydrogen (secondary N) is 1. The molecule has 3 heterocycles. The molecule has 0 unspecified atom stereocenters. The van der Waals surface area contributed by atoms with Crippen molar-refractivity contribution in [2.24, 2.45) is 0 Å². The van der Waals surface area contributed by atoms with Crippen LogP contribution in [0.1, 0.15) is 30.1 Å². The Balaban J connectivity index is 1.39. The van der Waals surface area contributed by atoms with Crippen LogP contribution in [0, 0.1) is 6.92 Å². The Labute approximate surface area is 130 Å². The molecule has 1 saturated heterocycles. The number of aryl methyl sites for hydroxylation is 2. The highest BCUT2D eigenvalue weighted by Crippen LogP contribution is 2.16. The Morgan fingerprint density at radius 3 is 3.14 bits per heavy atom. The molecule has 1 aliphatic rings. The van der Waals surface area contributed by atoms with E-state index in [0.29, 0.717) is 11.9 Å². The van der Waals surface area contributed by atoms with Crippen LogP contribution in [0.4, 0.5) is 0 Å². The number of rotatable bonds is 7. The standard InChI is InChI=1S/C15H24N6O/c1-12-18-15(19-22-12)11-20(2)14-5-7-21(10-14)6-3-4-13-8-16-17-9-13/h8-9,14H,3-7,10-11H2,1-2H3,(H,16,17)/t14-/m1/s1. The van der Waals surface area contributed by atoms with Crippen LogP contribution in [0.15, 0.2) is 16.9 Å². The molecule has 0 saturated carbocycles. The van der Waals surface area contributed by atoms with E-state index < -0.39 is 0 Å². The minimum atomic E-state index is 0.577. The molecule has 0 amide bonds. The maximum Gasteiger partial charge on any atom is 0.223 e. The number of hydrogen-bond donors (Lipinski definition) is 1. The molecule has 0 radical (unpaired) electrons. The van der Waals surface area contributed by atoms with Crippen molar-refractivity contribution in [1.82, 2.24) is 30.1 Å². The Kier molecular flexibility index (Phi) is 4.84. The van der Waals surface area contributed by atoms with Gasteiger partial charge in [-0.1, -0.05) is 5.16 Å². The minimum Gasteiger partial charge on any atom is -0.340 e. The highest BCUT2D eigenvalue weighted by Gasteiger charge is 2.26. The second-order valence-electron chi connectivity index (χ2n) is 6.10. The fourth-order valence-corrected chi connectivity index (χ4v) is 3.05. The minimum absolute atomic E-state index is 0.577. The lowest BCUT2D eigenvalue weighted by Gasteiger charge is -2.23. The van der Waals surface area contributed by atoms with Crippen molar-refractivity contribution in [3.8, 4) is 0 Å². The summed E-state index contributed by atoms with van der Waals surface area (Å²) in [4.78, 5) is 9.16. The van der Waals surface area contributed by atoms with Gasteiger partial charge < -0.3 is 9.42 Å². The van der Waals surface area contributed by atoms with Crippen LogP contribution in [-0.2, 0) is 13.0 Å². The number of aromatic amines is 1. The first-order valence-corrected chi connectivity index (χ1v) is 7.90. The van der Waals surface area contributed by atoms with Gasteiger partial charge in [-0.15, -0.1) is 0 Å². The Morgan fingerprint density at radius 1 is 1.50 bits per heavy atom. The predicted molar refractivity (Wildman–Crippen MR) is 82.3 cm³/mol. The van der Waals surface area contributed by atoms with E-state index in [1.165, 1.54) is 24.9 Å². The zero-order valence-electron chi connectivity index (χ0n) is 13.3. The first-order chi connectivity index (χ1) is 10.7. The summed E-state index contributed by atoms with van der Waals surface area (Å²) in [5.41, 5.74) is 1.29. The van der Waals surface area contributed by atoms with Crippen molar-refractivity contribution in [1.29, 1.82) is 0 Å². The SMILES string of the molecule is Cc1nc(CN(C)[C@@H]2CCN(CCCc3cn[nH]c3)C2)no1. The van der Waals surface area contributed by atoms with Gasteiger partial charge in [-0.25, -0.2) is 0 Å². The maximum absolute atomic E-state index is 5.03. The van der Waals surface area contributed by atoms with Gasteiger partial charge in [0, 0.05) is 25.7 Å². The van der Waals surface area contributed by atoms with Crippen LogP contribution in [0.5, 0.6) is 0 Å². The van der Waals surface area contributed by atoms with Crippen molar-refractivity contribution in [2.75, 3.05) is 26.7 Å². The van der Waals surface area contributed by atoms with Gasteiger partial charge in [-0.3, -0.25) is 10.00 Å². The zero-order valence-corrected chi connectivity index (χ0v) is 13.3. The lowest BCUT2D eigenvalue weighted by atomic mass is 10.2. The third-order valence-electron chi connectivity index (χ3n) is 4.33. The Bertz CT molecular complexity index is 566. The smallest absolute Gasteiger partial charge is 0.223 e. The average molecular weight is 304 g/mol. The van der Waals surface area contributed by atoms with Gasteiger partial charge >= 0.3 is 0 Å². The van der Waals surface area contributed by atoms with Gasteiger partial charge in [-0.05, 0) is 45.0 Å². The summed E-state index contributed by atoms with van der Waals surface area (Å²) in [6.45, 7) is 6.03. The van der Waals surface area contributed by atoms with Crippen molar-refractivity contribution < 1.29 is 4.52 Å². The molecule has 2 aromatic rings. The third kappa shape index (κ3) is 3.92. The molecule has 1 aliphatic heterocycles. The molecule has 1 fully saturated rings. The molecule has 7 nitrogen and oxygen atoms in total. The Morgan fingerprint density at radius 2 is 2.41 bits per heavy atom. The van der Waals surface area contributed by atoms with E-state index >= 15 is 0 Å². The second-order valence-corrected chi connectivity index (χ2v) is 6.10. The van der Waals surface area contributed by atoms with Crippen LogP contribution in [0.25, 0.3) is 0 Å². The van der Waals surface area contributed by atoms with Crippen molar-refractivity contribution >= 4 is 0 Å². The molecule has 1 N–H and O–H groups in total. The number of hydrogen-bond acceptors (Lipinski definition) is 6. The highest BCUT2D eigenvalue weighted by atomic mass is 16.5. The summed E-state index contributed by atoms with van der Waals surface area (Å²) >= 11 is 0. The summed E-state index contributed by atoms with van der Waals surface area (Å²) in [5.74, 6) is 1.41. The lowest BCUT2D eigenvalue weighted by molar-refractivity contribution is 0.217. The highest BCUT2D eigenvalue weighted by molar-refractivity contribution is 5.02.